The number of hydrogen-bond donors (Lipinski definition) is 1. The van der Waals surface area contributed by atoms with E-state index in [-0.39, 0.29) is 5.91 Å². The molecule has 4 nitrogen and oxygen atoms in total. The molecule has 0 aromatic carbocycles. The fraction of sp³-hybridized carbons (Fsp3) is 0.706. The number of piperidine rings is 1. The molecular formula is C17H28N2O2. The lowest BCUT2D eigenvalue weighted by molar-refractivity contribution is -0.129. The molecule has 1 aliphatic heterocycles. The third-order valence-corrected chi connectivity index (χ3v) is 4.56. The number of carbonyl (C=O) groups excluding carboxylic acids is 1. The number of likely N-dealkylation sites (tertiary alicyclic amines) is 1. The average molecular weight is 292 g/mol. The molecule has 2 rings (SSSR count). The molecule has 1 amide bonds. The molecule has 1 N–H and O–H groups in total. The normalized spacial score (nSPS) is 26.6. The number of allylic oxidation sites excluding steroid dienone is 3. The van der Waals surface area contributed by atoms with Gasteiger partial charge in [-0.15, -0.1) is 0 Å². The van der Waals surface area contributed by atoms with E-state index in [0.717, 1.165) is 38.2 Å². The van der Waals surface area contributed by atoms with Gasteiger partial charge < -0.3 is 15.0 Å². The zero-order valence-corrected chi connectivity index (χ0v) is 13.5. The summed E-state index contributed by atoms with van der Waals surface area (Å²) in [6.07, 6.45) is 8.57. The van der Waals surface area contributed by atoms with E-state index >= 15 is 0 Å². The van der Waals surface area contributed by atoms with E-state index < -0.39 is 0 Å². The Morgan fingerprint density at radius 1 is 1.33 bits per heavy atom. The zero-order chi connectivity index (χ0) is 15.2. The summed E-state index contributed by atoms with van der Waals surface area (Å²) in [6.45, 7) is 9.40. The number of carbonyl (C=O) groups is 1. The molecule has 1 saturated heterocycles. The van der Waals surface area contributed by atoms with E-state index in [9.17, 15) is 4.79 Å². The number of nitrogens with zero attached hydrogens (tertiary/aromatic N) is 1. The third kappa shape index (κ3) is 4.88. The quantitative estimate of drug-likeness (QED) is 0.791. The van der Waals surface area contributed by atoms with Crippen LogP contribution in [0.5, 0.6) is 0 Å². The molecule has 2 atom stereocenters. The molecule has 1 fully saturated rings. The Morgan fingerprint density at radius 3 is 2.67 bits per heavy atom. The van der Waals surface area contributed by atoms with Crippen molar-refractivity contribution < 1.29 is 9.53 Å². The standard InChI is InChI=1S/C17H28N2O2/c1-13-4-5-17(12-14(13)2)21-11-8-18-16-6-9-19(10-7-16)15(3)20/h4-5,12-14,16,18H,6-11H2,1-3H3. The van der Waals surface area contributed by atoms with Crippen LogP contribution in [0.25, 0.3) is 0 Å². The second-order valence-corrected chi connectivity index (χ2v) is 6.23. The minimum absolute atomic E-state index is 0.191. The van der Waals surface area contributed by atoms with Gasteiger partial charge in [0.25, 0.3) is 0 Å². The summed E-state index contributed by atoms with van der Waals surface area (Å²) < 4.78 is 5.80. The van der Waals surface area contributed by atoms with Crippen molar-refractivity contribution in [3.8, 4) is 0 Å². The van der Waals surface area contributed by atoms with Crippen molar-refractivity contribution in [3.05, 3.63) is 24.0 Å². The predicted molar refractivity (Wildman–Crippen MR) is 84.8 cm³/mol. The van der Waals surface area contributed by atoms with Gasteiger partial charge in [-0.05, 0) is 36.8 Å². The van der Waals surface area contributed by atoms with E-state index in [1.807, 2.05) is 4.90 Å². The minimum atomic E-state index is 0.191. The molecule has 21 heavy (non-hydrogen) atoms. The Hall–Kier alpha value is -1.29. The van der Waals surface area contributed by atoms with Crippen LogP contribution in [0.4, 0.5) is 0 Å². The van der Waals surface area contributed by atoms with Crippen molar-refractivity contribution in [2.75, 3.05) is 26.2 Å². The largest absolute Gasteiger partial charge is 0.493 e. The van der Waals surface area contributed by atoms with E-state index in [1.165, 1.54) is 0 Å². The highest BCUT2D eigenvalue weighted by atomic mass is 16.5. The molecule has 0 aromatic heterocycles. The smallest absolute Gasteiger partial charge is 0.219 e. The van der Waals surface area contributed by atoms with Crippen LogP contribution in [-0.2, 0) is 9.53 Å². The Kier molecular flexibility index (Phi) is 5.85. The van der Waals surface area contributed by atoms with Crippen molar-refractivity contribution in [1.29, 1.82) is 0 Å². The molecule has 1 heterocycles. The first-order chi connectivity index (χ1) is 10.1. The molecule has 0 radical (unpaired) electrons. The summed E-state index contributed by atoms with van der Waals surface area (Å²) in [4.78, 5) is 13.2. The molecule has 2 aliphatic rings. The van der Waals surface area contributed by atoms with Crippen molar-refractivity contribution in [1.82, 2.24) is 10.2 Å². The second kappa shape index (κ2) is 7.64. The topological polar surface area (TPSA) is 41.6 Å². The van der Waals surface area contributed by atoms with Crippen LogP contribution in [0.2, 0.25) is 0 Å². The van der Waals surface area contributed by atoms with Gasteiger partial charge in [0.1, 0.15) is 12.4 Å². The van der Waals surface area contributed by atoms with Gasteiger partial charge in [-0.3, -0.25) is 4.79 Å². The highest BCUT2D eigenvalue weighted by Crippen LogP contribution is 2.22. The summed E-state index contributed by atoms with van der Waals surface area (Å²) in [5, 5.41) is 3.53. The van der Waals surface area contributed by atoms with Crippen LogP contribution in [0.1, 0.15) is 33.6 Å². The lowest BCUT2D eigenvalue weighted by Crippen LogP contribution is -2.44. The summed E-state index contributed by atoms with van der Waals surface area (Å²) in [5.74, 6) is 2.33. The molecule has 0 spiro atoms. The van der Waals surface area contributed by atoms with E-state index in [1.54, 1.807) is 6.92 Å². The Bertz CT molecular complexity index is 409. The van der Waals surface area contributed by atoms with Crippen LogP contribution >= 0.6 is 0 Å². The maximum atomic E-state index is 11.3. The molecule has 0 saturated carbocycles. The van der Waals surface area contributed by atoms with Gasteiger partial charge in [-0.1, -0.05) is 19.9 Å². The van der Waals surface area contributed by atoms with Crippen LogP contribution in [-0.4, -0.2) is 43.1 Å². The van der Waals surface area contributed by atoms with Gasteiger partial charge in [0.15, 0.2) is 0 Å². The average Bonchev–Trinajstić information content (AvgIpc) is 2.47. The number of rotatable bonds is 5. The molecule has 0 bridgehead atoms. The molecular weight excluding hydrogens is 264 g/mol. The summed E-state index contributed by atoms with van der Waals surface area (Å²) in [5.41, 5.74) is 0. The predicted octanol–water partition coefficient (Wildman–Crippen LogP) is 2.33. The van der Waals surface area contributed by atoms with Gasteiger partial charge in [-0.25, -0.2) is 0 Å². The minimum Gasteiger partial charge on any atom is -0.493 e. The lowest BCUT2D eigenvalue weighted by atomic mass is 9.91. The van der Waals surface area contributed by atoms with Gasteiger partial charge in [0.05, 0.1) is 0 Å². The van der Waals surface area contributed by atoms with Crippen LogP contribution in [0.3, 0.4) is 0 Å². The SMILES string of the molecule is CC(=O)N1CCC(NCCOC2=CC(C)C(C)C=C2)CC1. The van der Waals surface area contributed by atoms with E-state index in [4.69, 9.17) is 4.74 Å². The lowest BCUT2D eigenvalue weighted by Gasteiger charge is -2.31. The van der Waals surface area contributed by atoms with Gasteiger partial charge in [-0.2, -0.15) is 0 Å². The first kappa shape index (κ1) is 16.1. The fourth-order valence-electron chi connectivity index (χ4n) is 2.81. The first-order valence-electron chi connectivity index (χ1n) is 8.08. The van der Waals surface area contributed by atoms with Gasteiger partial charge >= 0.3 is 0 Å². The number of hydrogen-bond acceptors (Lipinski definition) is 3. The summed E-state index contributed by atoms with van der Waals surface area (Å²) in [7, 11) is 0. The van der Waals surface area contributed by atoms with E-state index in [0.29, 0.717) is 24.5 Å². The van der Waals surface area contributed by atoms with Crippen LogP contribution in [0, 0.1) is 11.8 Å². The number of amides is 1. The van der Waals surface area contributed by atoms with Crippen LogP contribution in [0.15, 0.2) is 24.0 Å². The van der Waals surface area contributed by atoms with Crippen molar-refractivity contribution in [3.63, 3.8) is 0 Å². The van der Waals surface area contributed by atoms with E-state index in [2.05, 4.69) is 37.4 Å². The Balaban J connectivity index is 1.60. The fourth-order valence-corrected chi connectivity index (χ4v) is 2.81. The highest BCUT2D eigenvalue weighted by molar-refractivity contribution is 5.73. The van der Waals surface area contributed by atoms with Crippen molar-refractivity contribution >= 4 is 5.91 Å². The van der Waals surface area contributed by atoms with Crippen molar-refractivity contribution in [2.24, 2.45) is 11.8 Å². The third-order valence-electron chi connectivity index (χ3n) is 4.56. The Morgan fingerprint density at radius 2 is 2.05 bits per heavy atom. The highest BCUT2D eigenvalue weighted by Gasteiger charge is 2.20. The molecule has 118 valence electrons. The van der Waals surface area contributed by atoms with Crippen molar-refractivity contribution in [2.45, 2.75) is 39.7 Å². The second-order valence-electron chi connectivity index (χ2n) is 6.23. The molecule has 0 aromatic rings. The zero-order valence-electron chi connectivity index (χ0n) is 13.5. The van der Waals surface area contributed by atoms with Gasteiger partial charge in [0, 0.05) is 32.6 Å². The number of nitrogens with one attached hydrogen (secondary N) is 1. The Labute approximate surface area is 128 Å². The monoisotopic (exact) mass is 292 g/mol. The van der Waals surface area contributed by atoms with Crippen LogP contribution < -0.4 is 5.32 Å². The number of ether oxygens (including phenoxy) is 1. The summed E-state index contributed by atoms with van der Waals surface area (Å²) in [6, 6.07) is 0.513. The molecule has 2 unspecified atom stereocenters. The summed E-state index contributed by atoms with van der Waals surface area (Å²) >= 11 is 0. The first-order valence-corrected chi connectivity index (χ1v) is 8.08. The maximum absolute atomic E-state index is 11.3. The van der Waals surface area contributed by atoms with Gasteiger partial charge in [0.2, 0.25) is 5.91 Å². The molecule has 1 aliphatic carbocycles. The maximum Gasteiger partial charge on any atom is 0.219 e. The molecule has 4 heteroatoms.